The number of aryl methyl sites for hydroxylation is 1. The second kappa shape index (κ2) is 12.6. The highest BCUT2D eigenvalue weighted by Crippen LogP contribution is 2.25. The van der Waals surface area contributed by atoms with Crippen LogP contribution < -0.4 is 5.32 Å². The largest absolute Gasteiger partial charge is 0.461 e. The van der Waals surface area contributed by atoms with Gasteiger partial charge in [-0.1, -0.05) is 12.5 Å². The van der Waals surface area contributed by atoms with Crippen LogP contribution in [0.5, 0.6) is 0 Å². The van der Waals surface area contributed by atoms with Gasteiger partial charge in [0.2, 0.25) is 17.8 Å². The first-order valence-corrected chi connectivity index (χ1v) is 14.8. The van der Waals surface area contributed by atoms with Crippen LogP contribution in [0.4, 0.5) is 5.69 Å². The number of nitrogens with zero attached hydrogens (tertiary/aromatic N) is 5. The molecule has 0 radical (unpaired) electrons. The summed E-state index contributed by atoms with van der Waals surface area (Å²) in [6.45, 7) is 4.01. The molecular formula is C33H34N6O4. The molecule has 2 aromatic carbocycles. The second-order valence-electron chi connectivity index (χ2n) is 11.1. The maximum atomic E-state index is 13.5. The average Bonchev–Trinajstić information content (AvgIpc) is 3.65. The van der Waals surface area contributed by atoms with Crippen LogP contribution in [0.2, 0.25) is 0 Å². The zero-order chi connectivity index (χ0) is 29.8. The maximum Gasteiger partial charge on any atom is 0.258 e. The molecule has 6 rings (SSSR count). The Morgan fingerprint density at radius 1 is 1.02 bits per heavy atom. The van der Waals surface area contributed by atoms with Crippen molar-refractivity contribution in [3.8, 4) is 0 Å². The Balaban J connectivity index is 1.26. The molecule has 2 saturated heterocycles. The number of amides is 3. The molecular weight excluding hydrogens is 544 g/mol. The summed E-state index contributed by atoms with van der Waals surface area (Å²) in [6, 6.07) is 16.4. The summed E-state index contributed by atoms with van der Waals surface area (Å²) in [7, 11) is 0. The van der Waals surface area contributed by atoms with E-state index in [-0.39, 0.29) is 30.2 Å². The minimum Gasteiger partial charge on any atom is -0.461 e. The third kappa shape index (κ3) is 6.63. The molecule has 1 N–H and O–H groups in total. The maximum absolute atomic E-state index is 13.5. The van der Waals surface area contributed by atoms with E-state index in [1.54, 1.807) is 41.6 Å². The van der Waals surface area contributed by atoms with Gasteiger partial charge in [0.25, 0.3) is 5.91 Å². The van der Waals surface area contributed by atoms with Gasteiger partial charge in [0.05, 0.1) is 23.7 Å². The van der Waals surface area contributed by atoms with Crippen LogP contribution in [0.25, 0.3) is 21.9 Å². The Bertz CT molecular complexity index is 1740. The van der Waals surface area contributed by atoms with Crippen molar-refractivity contribution in [3.63, 3.8) is 0 Å². The van der Waals surface area contributed by atoms with E-state index in [1.165, 1.54) is 0 Å². The third-order valence-corrected chi connectivity index (χ3v) is 7.93. The minimum absolute atomic E-state index is 0.00610. The quantitative estimate of drug-likeness (QED) is 0.263. The Hall–Kier alpha value is -4.86. The molecule has 4 heterocycles. The van der Waals surface area contributed by atoms with E-state index < -0.39 is 5.92 Å². The van der Waals surface area contributed by atoms with Crippen LogP contribution in [0.1, 0.15) is 48.2 Å². The van der Waals surface area contributed by atoms with E-state index in [0.717, 1.165) is 66.4 Å². The highest BCUT2D eigenvalue weighted by Gasteiger charge is 2.29. The number of guanidine groups is 1. The molecule has 1 unspecified atom stereocenters. The number of rotatable bonds is 5. The highest BCUT2D eigenvalue weighted by atomic mass is 16.3. The predicted octanol–water partition coefficient (Wildman–Crippen LogP) is 5.03. The van der Waals surface area contributed by atoms with Gasteiger partial charge >= 0.3 is 0 Å². The van der Waals surface area contributed by atoms with Crippen LogP contribution in [-0.2, 0) is 9.59 Å². The van der Waals surface area contributed by atoms with Crippen LogP contribution in [0.3, 0.4) is 0 Å². The van der Waals surface area contributed by atoms with E-state index in [9.17, 15) is 14.4 Å². The van der Waals surface area contributed by atoms with Gasteiger partial charge in [-0.25, -0.2) is 9.98 Å². The molecule has 2 aromatic heterocycles. The van der Waals surface area contributed by atoms with Crippen molar-refractivity contribution >= 4 is 57.5 Å². The lowest BCUT2D eigenvalue weighted by Crippen LogP contribution is -2.44. The average molecular weight is 579 g/mol. The number of nitrogens with one attached hydrogen (secondary N) is 1. The molecule has 10 heteroatoms. The Morgan fingerprint density at radius 2 is 1.86 bits per heavy atom. The second-order valence-corrected chi connectivity index (χ2v) is 11.1. The van der Waals surface area contributed by atoms with Gasteiger partial charge in [-0.05, 0) is 81.1 Å². The lowest BCUT2D eigenvalue weighted by molar-refractivity contribution is -0.140. The normalized spacial score (nSPS) is 18.1. The van der Waals surface area contributed by atoms with E-state index in [1.807, 2.05) is 42.2 Å². The molecule has 220 valence electrons. The van der Waals surface area contributed by atoms with Gasteiger partial charge in [0, 0.05) is 48.4 Å². The summed E-state index contributed by atoms with van der Waals surface area (Å²) in [4.78, 5) is 56.7. The van der Waals surface area contributed by atoms with E-state index in [4.69, 9.17) is 4.42 Å². The molecule has 10 nitrogen and oxygen atoms in total. The number of carbonyl (C=O) groups is 3. The van der Waals surface area contributed by atoms with Crippen molar-refractivity contribution in [2.24, 2.45) is 15.9 Å². The van der Waals surface area contributed by atoms with E-state index in [2.05, 4.69) is 20.3 Å². The number of fused-ring (bicyclic) bond motifs is 2. The van der Waals surface area contributed by atoms with Gasteiger partial charge in [0.15, 0.2) is 0 Å². The number of carbonyl (C=O) groups excluding carboxylic acids is 3. The minimum atomic E-state index is -0.526. The summed E-state index contributed by atoms with van der Waals surface area (Å²) < 4.78 is 5.68. The fraction of sp³-hybridized carbons (Fsp3) is 0.333. The van der Waals surface area contributed by atoms with Crippen LogP contribution >= 0.6 is 0 Å². The number of hydrogen-bond acceptors (Lipinski definition) is 6. The first kappa shape index (κ1) is 28.3. The van der Waals surface area contributed by atoms with Crippen LogP contribution in [0, 0.1) is 12.8 Å². The standard InChI is InChI=1S/C33H34N6O4/c1-22-17-26-19-27(10-12-29(26)43-22)36-33(37-31(41)24-9-11-28-23(18-24)8-6-13-34-28)35-20-25-7-2-3-16-39(32(25)42)21-30(40)38-14-4-5-15-38/h6,8-13,17-20,25H,2-5,7,14-16,21H2,1H3,(H,36,37,41)/b35-20-. The first-order valence-electron chi connectivity index (χ1n) is 14.8. The lowest BCUT2D eigenvalue weighted by Gasteiger charge is -2.25. The molecule has 0 bridgehead atoms. The van der Waals surface area contributed by atoms with Crippen molar-refractivity contribution in [2.45, 2.75) is 39.0 Å². The zero-order valence-electron chi connectivity index (χ0n) is 24.2. The predicted molar refractivity (Wildman–Crippen MR) is 165 cm³/mol. The van der Waals surface area contributed by atoms with E-state index >= 15 is 0 Å². The molecule has 0 spiro atoms. The van der Waals surface area contributed by atoms with E-state index in [0.29, 0.717) is 24.2 Å². The van der Waals surface area contributed by atoms with Gasteiger partial charge in [-0.3, -0.25) is 24.7 Å². The fourth-order valence-electron chi connectivity index (χ4n) is 5.66. The molecule has 2 aliphatic rings. The number of likely N-dealkylation sites (tertiary alicyclic amines) is 2. The fourth-order valence-corrected chi connectivity index (χ4v) is 5.66. The summed E-state index contributed by atoms with van der Waals surface area (Å²) in [5.41, 5.74) is 2.53. The van der Waals surface area contributed by atoms with Crippen molar-refractivity contribution in [1.82, 2.24) is 20.1 Å². The molecule has 1 atom stereocenters. The van der Waals surface area contributed by atoms with Crippen molar-refractivity contribution in [3.05, 3.63) is 72.1 Å². The number of benzene rings is 2. The van der Waals surface area contributed by atoms with Crippen molar-refractivity contribution in [1.29, 1.82) is 0 Å². The molecule has 43 heavy (non-hydrogen) atoms. The summed E-state index contributed by atoms with van der Waals surface area (Å²) in [5, 5.41) is 4.55. The monoisotopic (exact) mass is 578 g/mol. The number of hydrogen-bond donors (Lipinski definition) is 1. The van der Waals surface area contributed by atoms with Crippen LogP contribution in [-0.4, -0.2) is 70.9 Å². The third-order valence-electron chi connectivity index (χ3n) is 7.93. The molecule has 0 saturated carbocycles. The molecule has 0 aliphatic carbocycles. The topological polar surface area (TPSA) is 120 Å². The van der Waals surface area contributed by atoms with Gasteiger partial charge in [-0.15, -0.1) is 0 Å². The molecule has 3 amide bonds. The summed E-state index contributed by atoms with van der Waals surface area (Å²) in [5.74, 6) is -0.195. The van der Waals surface area contributed by atoms with Gasteiger partial charge < -0.3 is 14.2 Å². The van der Waals surface area contributed by atoms with Gasteiger partial charge in [-0.2, -0.15) is 0 Å². The van der Waals surface area contributed by atoms with Crippen LogP contribution in [0.15, 0.2) is 75.2 Å². The number of furan rings is 1. The summed E-state index contributed by atoms with van der Waals surface area (Å²) in [6.07, 6.45) is 7.54. The zero-order valence-corrected chi connectivity index (χ0v) is 24.2. The lowest BCUT2D eigenvalue weighted by atomic mass is 10.0. The number of pyridine rings is 1. The van der Waals surface area contributed by atoms with Crippen molar-refractivity contribution in [2.75, 3.05) is 26.2 Å². The summed E-state index contributed by atoms with van der Waals surface area (Å²) >= 11 is 0. The Labute approximate surface area is 249 Å². The van der Waals surface area contributed by atoms with Crippen molar-refractivity contribution < 1.29 is 18.8 Å². The Kier molecular flexibility index (Phi) is 8.26. The highest BCUT2D eigenvalue weighted by molar-refractivity contribution is 6.10. The Morgan fingerprint density at radius 3 is 2.72 bits per heavy atom. The number of aromatic nitrogens is 1. The van der Waals surface area contributed by atoms with Gasteiger partial charge in [0.1, 0.15) is 11.3 Å². The molecule has 2 aliphatic heterocycles. The first-order chi connectivity index (χ1) is 20.9. The SMILES string of the molecule is Cc1cc2cc(N=C(/N=C\C3CCCCN(CC(=O)N4CCCC4)C3=O)NC(=O)c3ccc4ncccc4c3)ccc2o1. The molecule has 4 aromatic rings. The number of aliphatic imine (C=N–C) groups is 2. The smallest absolute Gasteiger partial charge is 0.258 e. The molecule has 2 fully saturated rings.